The van der Waals surface area contributed by atoms with Gasteiger partial charge in [0.1, 0.15) is 6.61 Å². The molecule has 0 atom stereocenters. The molecule has 1 aromatic carbocycles. The first-order valence-electron chi connectivity index (χ1n) is 11.3. The van der Waals surface area contributed by atoms with Crippen LogP contribution in [0.25, 0.3) is 4.96 Å². The Balaban J connectivity index is 1.41. The summed E-state index contributed by atoms with van der Waals surface area (Å²) in [4.78, 5) is 44.1. The van der Waals surface area contributed by atoms with Crippen LogP contribution in [-0.2, 0) is 16.1 Å². The molecule has 2 aromatic heterocycles. The molecule has 10 heteroatoms. The van der Waals surface area contributed by atoms with Gasteiger partial charge in [-0.15, -0.1) is 11.3 Å². The largest absolute Gasteiger partial charge is 0.490 e. The lowest BCUT2D eigenvalue weighted by Gasteiger charge is -2.26. The van der Waals surface area contributed by atoms with E-state index in [1.54, 1.807) is 12.1 Å². The van der Waals surface area contributed by atoms with E-state index in [2.05, 4.69) is 4.98 Å². The second-order valence-corrected chi connectivity index (χ2v) is 8.82. The van der Waals surface area contributed by atoms with Crippen LogP contribution in [0.3, 0.4) is 0 Å². The summed E-state index contributed by atoms with van der Waals surface area (Å²) in [5.41, 5.74) is 1.24. The molecule has 0 unspecified atom stereocenters. The number of aromatic nitrogens is 2. The molecule has 4 rings (SSSR count). The molecule has 1 amide bonds. The van der Waals surface area contributed by atoms with Crippen LogP contribution >= 0.6 is 11.3 Å². The van der Waals surface area contributed by atoms with Gasteiger partial charge in [0.05, 0.1) is 17.9 Å². The van der Waals surface area contributed by atoms with Crippen molar-refractivity contribution < 1.29 is 23.8 Å². The van der Waals surface area contributed by atoms with Crippen LogP contribution in [0, 0.1) is 6.92 Å². The molecule has 0 N–H and O–H groups in total. The molecule has 0 radical (unpaired) electrons. The predicted octanol–water partition coefficient (Wildman–Crippen LogP) is 3.21. The summed E-state index contributed by atoms with van der Waals surface area (Å²) >= 11 is 1.35. The average molecular weight is 486 g/mol. The van der Waals surface area contributed by atoms with Gasteiger partial charge >= 0.3 is 5.97 Å². The Morgan fingerprint density at radius 2 is 1.88 bits per heavy atom. The Labute approximate surface area is 200 Å². The number of thiazole rings is 1. The van der Waals surface area contributed by atoms with E-state index in [1.165, 1.54) is 27.9 Å². The first kappa shape index (κ1) is 23.7. The first-order valence-corrected chi connectivity index (χ1v) is 12.2. The number of fused-ring (bicyclic) bond motifs is 1. The summed E-state index contributed by atoms with van der Waals surface area (Å²) in [5, 5.41) is 1.85. The van der Waals surface area contributed by atoms with E-state index >= 15 is 0 Å². The molecule has 3 aromatic rings. The highest BCUT2D eigenvalue weighted by Gasteiger charge is 2.19. The van der Waals surface area contributed by atoms with E-state index in [1.807, 2.05) is 24.1 Å². The predicted molar refractivity (Wildman–Crippen MR) is 127 cm³/mol. The fourth-order valence-electron chi connectivity index (χ4n) is 3.79. The quantitative estimate of drug-likeness (QED) is 0.452. The molecule has 0 saturated carbocycles. The fourth-order valence-corrected chi connectivity index (χ4v) is 4.69. The zero-order valence-electron chi connectivity index (χ0n) is 19.2. The summed E-state index contributed by atoms with van der Waals surface area (Å²) in [5.74, 6) is 0.0976. The number of rotatable bonds is 8. The molecule has 0 spiro atoms. The smallest absolute Gasteiger partial charge is 0.338 e. The monoisotopic (exact) mass is 485 g/mol. The number of likely N-dealkylation sites (tertiary alicyclic amines) is 1. The van der Waals surface area contributed by atoms with Crippen molar-refractivity contribution in [3.05, 3.63) is 57.0 Å². The molecule has 34 heavy (non-hydrogen) atoms. The summed E-state index contributed by atoms with van der Waals surface area (Å²) < 4.78 is 18.2. The topological polar surface area (TPSA) is 99.4 Å². The van der Waals surface area contributed by atoms with Crippen molar-refractivity contribution in [2.75, 3.05) is 26.3 Å². The van der Waals surface area contributed by atoms with Gasteiger partial charge in [-0.2, -0.15) is 0 Å². The van der Waals surface area contributed by atoms with E-state index in [9.17, 15) is 14.4 Å². The summed E-state index contributed by atoms with van der Waals surface area (Å²) in [7, 11) is 0. The van der Waals surface area contributed by atoms with Gasteiger partial charge in [0, 0.05) is 30.2 Å². The van der Waals surface area contributed by atoms with Gasteiger partial charge in [0.2, 0.25) is 0 Å². The highest BCUT2D eigenvalue weighted by molar-refractivity contribution is 7.15. The molecule has 1 saturated heterocycles. The van der Waals surface area contributed by atoms with Crippen molar-refractivity contribution in [2.45, 2.75) is 39.7 Å². The van der Waals surface area contributed by atoms with Crippen molar-refractivity contribution in [2.24, 2.45) is 0 Å². The second kappa shape index (κ2) is 10.7. The number of piperidine rings is 1. The number of benzene rings is 1. The third-order valence-corrected chi connectivity index (χ3v) is 6.46. The molecule has 0 bridgehead atoms. The molecule has 1 aliphatic heterocycles. The number of carbonyl (C=O) groups is 2. The summed E-state index contributed by atoms with van der Waals surface area (Å²) in [6, 6.07) is 6.04. The van der Waals surface area contributed by atoms with Crippen LogP contribution in [0.4, 0.5) is 0 Å². The van der Waals surface area contributed by atoms with Gasteiger partial charge in [-0.1, -0.05) is 0 Å². The summed E-state index contributed by atoms with van der Waals surface area (Å²) in [6.07, 6.45) is 3.17. The Morgan fingerprint density at radius 3 is 2.65 bits per heavy atom. The normalized spacial score (nSPS) is 13.6. The summed E-state index contributed by atoms with van der Waals surface area (Å²) in [6.45, 7) is 5.31. The van der Waals surface area contributed by atoms with Crippen LogP contribution in [0.15, 0.2) is 34.4 Å². The zero-order chi connectivity index (χ0) is 24.1. The Bertz CT molecular complexity index is 1250. The minimum atomic E-state index is -0.582. The third kappa shape index (κ3) is 5.39. The molecule has 3 heterocycles. The number of hydrogen-bond acceptors (Lipinski definition) is 8. The number of hydrogen-bond donors (Lipinski definition) is 0. The lowest BCUT2D eigenvalue weighted by Crippen LogP contribution is -2.38. The minimum absolute atomic E-state index is 0.0630. The van der Waals surface area contributed by atoms with Gasteiger partial charge in [0.25, 0.3) is 11.5 Å². The Morgan fingerprint density at radius 1 is 1.09 bits per heavy atom. The van der Waals surface area contributed by atoms with E-state index in [-0.39, 0.29) is 30.2 Å². The van der Waals surface area contributed by atoms with E-state index < -0.39 is 5.97 Å². The van der Waals surface area contributed by atoms with Crippen LogP contribution in [0.2, 0.25) is 0 Å². The number of carbonyl (C=O) groups excluding carboxylic acids is 2. The fraction of sp³-hybridized carbons (Fsp3) is 0.417. The average Bonchev–Trinajstić information content (AvgIpc) is 3.23. The highest BCUT2D eigenvalue weighted by atomic mass is 32.1. The lowest BCUT2D eigenvalue weighted by atomic mass is 10.1. The number of aryl methyl sites for hydroxylation is 1. The van der Waals surface area contributed by atoms with Crippen LogP contribution in [0.1, 0.15) is 47.9 Å². The van der Waals surface area contributed by atoms with Crippen molar-refractivity contribution in [3.8, 4) is 11.5 Å². The van der Waals surface area contributed by atoms with Crippen molar-refractivity contribution in [1.82, 2.24) is 14.3 Å². The van der Waals surface area contributed by atoms with Crippen LogP contribution in [0.5, 0.6) is 11.5 Å². The standard InChI is InChI=1S/C24H27N3O6S/c1-3-31-20-11-17(7-8-19(20)32-14-22(29)26-9-5-4-6-10-26)23(30)33-13-18-12-21(28)27-16(2)15-34-24(27)25-18/h7-8,11-12,15H,3-6,9-10,13-14H2,1-2H3. The van der Waals surface area contributed by atoms with Gasteiger partial charge in [-0.25, -0.2) is 9.78 Å². The van der Waals surface area contributed by atoms with Crippen molar-refractivity contribution >= 4 is 28.2 Å². The van der Waals surface area contributed by atoms with Crippen LogP contribution in [-0.4, -0.2) is 52.5 Å². The maximum absolute atomic E-state index is 12.6. The van der Waals surface area contributed by atoms with Gasteiger partial charge in [0.15, 0.2) is 23.1 Å². The maximum atomic E-state index is 12.6. The minimum Gasteiger partial charge on any atom is -0.490 e. The molecule has 1 fully saturated rings. The first-order chi connectivity index (χ1) is 16.5. The van der Waals surface area contributed by atoms with E-state index in [4.69, 9.17) is 14.2 Å². The zero-order valence-corrected chi connectivity index (χ0v) is 20.1. The highest BCUT2D eigenvalue weighted by Crippen LogP contribution is 2.29. The molecular weight excluding hydrogens is 458 g/mol. The van der Waals surface area contributed by atoms with Gasteiger partial charge in [-0.3, -0.25) is 14.0 Å². The molecular formula is C24H27N3O6S. The number of ether oxygens (including phenoxy) is 3. The maximum Gasteiger partial charge on any atom is 0.338 e. The Hall–Kier alpha value is -3.40. The Kier molecular flexibility index (Phi) is 7.46. The molecule has 9 nitrogen and oxygen atoms in total. The van der Waals surface area contributed by atoms with Crippen LogP contribution < -0.4 is 15.0 Å². The third-order valence-electron chi connectivity index (χ3n) is 5.52. The number of amides is 1. The second-order valence-electron chi connectivity index (χ2n) is 7.98. The number of nitrogens with zero attached hydrogens (tertiary/aromatic N) is 3. The van der Waals surface area contributed by atoms with E-state index in [0.29, 0.717) is 28.8 Å². The van der Waals surface area contributed by atoms with Gasteiger partial charge < -0.3 is 19.1 Å². The molecule has 0 aliphatic carbocycles. The van der Waals surface area contributed by atoms with Gasteiger partial charge in [-0.05, 0) is 51.3 Å². The number of esters is 1. The SMILES string of the molecule is CCOc1cc(C(=O)OCc2cc(=O)n3c(C)csc3n2)ccc1OCC(=O)N1CCCCC1. The van der Waals surface area contributed by atoms with Crippen molar-refractivity contribution in [3.63, 3.8) is 0 Å². The van der Waals surface area contributed by atoms with Crippen molar-refractivity contribution in [1.29, 1.82) is 0 Å². The molecule has 1 aliphatic rings. The lowest BCUT2D eigenvalue weighted by molar-refractivity contribution is -0.134. The molecule has 180 valence electrons. The van der Waals surface area contributed by atoms with E-state index in [0.717, 1.165) is 38.0 Å².